The number of carbonyl (C=O) groups excluding carboxylic acids is 1. The number of nitrogens with zero attached hydrogens (tertiary/aromatic N) is 1. The molecule has 2 rings (SSSR count). The predicted octanol–water partition coefficient (Wildman–Crippen LogP) is 1.65. The molecular formula is C13H15F3N2O2. The Morgan fingerprint density at radius 2 is 2.05 bits per heavy atom. The van der Waals surface area contributed by atoms with Crippen LogP contribution in [0.3, 0.4) is 0 Å². The predicted molar refractivity (Wildman–Crippen MR) is 66.0 cm³/mol. The second-order valence-electron chi connectivity index (χ2n) is 4.71. The molecule has 20 heavy (non-hydrogen) atoms. The molecule has 0 aliphatic carbocycles. The van der Waals surface area contributed by atoms with Crippen LogP contribution in [0.15, 0.2) is 24.3 Å². The average Bonchev–Trinajstić information content (AvgIpc) is 2.54. The van der Waals surface area contributed by atoms with E-state index >= 15 is 0 Å². The molecule has 7 heteroatoms. The van der Waals surface area contributed by atoms with Crippen molar-refractivity contribution in [3.8, 4) is 5.75 Å². The number of phenols is 1. The van der Waals surface area contributed by atoms with Gasteiger partial charge in [0.15, 0.2) is 0 Å². The maximum absolute atomic E-state index is 13.0. The van der Waals surface area contributed by atoms with Gasteiger partial charge >= 0.3 is 6.18 Å². The monoisotopic (exact) mass is 288 g/mol. The molecule has 0 saturated carbocycles. The highest BCUT2D eigenvalue weighted by Gasteiger charge is 2.44. The number of alkyl halides is 3. The standard InChI is InChI=1S/C13H15F3N2O2/c14-13(15,16)11-7-17-12(20)5-6-18(11)8-9-3-1-2-4-10(9)19/h1-4,11,19H,5-8H2,(H,17,20). The van der Waals surface area contributed by atoms with E-state index in [1.165, 1.54) is 11.0 Å². The van der Waals surface area contributed by atoms with Crippen LogP contribution in [0.2, 0.25) is 0 Å². The topological polar surface area (TPSA) is 52.6 Å². The number of halogens is 3. The van der Waals surface area contributed by atoms with Gasteiger partial charge in [-0.15, -0.1) is 0 Å². The number of benzene rings is 1. The van der Waals surface area contributed by atoms with Crippen molar-refractivity contribution < 1.29 is 23.1 Å². The first-order valence-electron chi connectivity index (χ1n) is 6.22. The number of aromatic hydroxyl groups is 1. The molecule has 1 unspecified atom stereocenters. The molecule has 1 aliphatic heterocycles. The third-order valence-electron chi connectivity index (χ3n) is 3.30. The van der Waals surface area contributed by atoms with Gasteiger partial charge in [0.25, 0.3) is 0 Å². The van der Waals surface area contributed by atoms with E-state index in [0.29, 0.717) is 5.56 Å². The maximum atomic E-state index is 13.0. The highest BCUT2D eigenvalue weighted by molar-refractivity contribution is 5.76. The highest BCUT2D eigenvalue weighted by Crippen LogP contribution is 2.28. The molecule has 1 fully saturated rings. The van der Waals surface area contributed by atoms with Gasteiger partial charge in [-0.25, -0.2) is 0 Å². The molecule has 110 valence electrons. The Morgan fingerprint density at radius 1 is 1.35 bits per heavy atom. The number of para-hydroxylation sites is 1. The van der Waals surface area contributed by atoms with Crippen molar-refractivity contribution in [2.75, 3.05) is 13.1 Å². The first-order valence-corrected chi connectivity index (χ1v) is 6.22. The number of rotatable bonds is 2. The molecule has 1 saturated heterocycles. The van der Waals surface area contributed by atoms with E-state index in [1.807, 2.05) is 0 Å². The lowest BCUT2D eigenvalue weighted by molar-refractivity contribution is -0.182. The van der Waals surface area contributed by atoms with Crippen molar-refractivity contribution in [2.24, 2.45) is 0 Å². The van der Waals surface area contributed by atoms with E-state index in [2.05, 4.69) is 5.32 Å². The summed E-state index contributed by atoms with van der Waals surface area (Å²) in [4.78, 5) is 12.4. The third kappa shape index (κ3) is 3.41. The van der Waals surface area contributed by atoms with Gasteiger partial charge in [0.2, 0.25) is 5.91 Å². The molecule has 0 radical (unpaired) electrons. The third-order valence-corrected chi connectivity index (χ3v) is 3.30. The van der Waals surface area contributed by atoms with Crippen LogP contribution >= 0.6 is 0 Å². The molecule has 2 N–H and O–H groups in total. The van der Waals surface area contributed by atoms with Crippen LogP contribution in [0.4, 0.5) is 13.2 Å². The summed E-state index contributed by atoms with van der Waals surface area (Å²) in [5, 5.41) is 11.9. The lowest BCUT2D eigenvalue weighted by Gasteiger charge is -2.31. The van der Waals surface area contributed by atoms with Crippen LogP contribution in [0, 0.1) is 0 Å². The molecule has 0 spiro atoms. The van der Waals surface area contributed by atoms with Crippen molar-refractivity contribution in [3.05, 3.63) is 29.8 Å². The number of carbonyl (C=O) groups is 1. The zero-order chi connectivity index (χ0) is 14.8. The Hall–Kier alpha value is -1.76. The van der Waals surface area contributed by atoms with Crippen LogP contribution in [0.5, 0.6) is 5.75 Å². The van der Waals surface area contributed by atoms with Crippen molar-refractivity contribution in [1.29, 1.82) is 0 Å². The Morgan fingerprint density at radius 3 is 2.70 bits per heavy atom. The molecule has 0 aromatic heterocycles. The Bertz CT molecular complexity index is 491. The summed E-state index contributed by atoms with van der Waals surface area (Å²) in [6, 6.07) is 4.52. The van der Waals surface area contributed by atoms with Crippen LogP contribution < -0.4 is 5.32 Å². The summed E-state index contributed by atoms with van der Waals surface area (Å²) < 4.78 is 39.1. The fourth-order valence-corrected chi connectivity index (χ4v) is 2.20. The summed E-state index contributed by atoms with van der Waals surface area (Å²) in [7, 11) is 0. The smallest absolute Gasteiger partial charge is 0.405 e. The van der Waals surface area contributed by atoms with Gasteiger partial charge in [0, 0.05) is 31.6 Å². The first kappa shape index (κ1) is 14.6. The van der Waals surface area contributed by atoms with E-state index in [9.17, 15) is 23.1 Å². The van der Waals surface area contributed by atoms with E-state index in [1.54, 1.807) is 18.2 Å². The summed E-state index contributed by atoms with van der Waals surface area (Å²) in [6.45, 7) is -0.508. The Kier molecular flexibility index (Phi) is 4.17. The Labute approximate surface area is 114 Å². The minimum absolute atomic E-state index is 0.00431. The van der Waals surface area contributed by atoms with Gasteiger partial charge in [0.05, 0.1) is 0 Å². The minimum Gasteiger partial charge on any atom is -0.508 e. The van der Waals surface area contributed by atoms with Gasteiger partial charge in [-0.05, 0) is 6.07 Å². The van der Waals surface area contributed by atoms with Crippen molar-refractivity contribution >= 4 is 5.91 Å². The zero-order valence-corrected chi connectivity index (χ0v) is 10.7. The van der Waals surface area contributed by atoms with E-state index in [4.69, 9.17) is 0 Å². The molecule has 1 aromatic carbocycles. The summed E-state index contributed by atoms with van der Waals surface area (Å²) in [5.41, 5.74) is 0.413. The zero-order valence-electron chi connectivity index (χ0n) is 10.7. The van der Waals surface area contributed by atoms with Crippen molar-refractivity contribution in [3.63, 3.8) is 0 Å². The SMILES string of the molecule is O=C1CCN(Cc2ccccc2O)C(C(F)(F)F)CN1. The molecule has 1 amide bonds. The minimum atomic E-state index is -4.43. The van der Waals surface area contributed by atoms with Crippen LogP contribution in [0.25, 0.3) is 0 Å². The number of phenolic OH excluding ortho intramolecular Hbond substituents is 1. The van der Waals surface area contributed by atoms with Gasteiger partial charge in [-0.1, -0.05) is 18.2 Å². The van der Waals surface area contributed by atoms with E-state index in [0.717, 1.165) is 0 Å². The quantitative estimate of drug-likeness (QED) is 0.870. The summed E-state index contributed by atoms with van der Waals surface area (Å²) in [5.74, 6) is -0.434. The largest absolute Gasteiger partial charge is 0.508 e. The van der Waals surface area contributed by atoms with Crippen molar-refractivity contribution in [2.45, 2.75) is 25.2 Å². The van der Waals surface area contributed by atoms with E-state index in [-0.39, 0.29) is 31.2 Å². The van der Waals surface area contributed by atoms with Gasteiger partial charge in [-0.3, -0.25) is 9.69 Å². The van der Waals surface area contributed by atoms with Crippen LogP contribution in [-0.4, -0.2) is 41.2 Å². The molecule has 0 bridgehead atoms. The van der Waals surface area contributed by atoms with Crippen molar-refractivity contribution in [1.82, 2.24) is 10.2 Å². The molecule has 4 nitrogen and oxygen atoms in total. The van der Waals surface area contributed by atoms with Gasteiger partial charge in [-0.2, -0.15) is 13.2 Å². The summed E-state index contributed by atoms with van der Waals surface area (Å²) in [6.07, 6.45) is -4.41. The molecule has 1 aliphatic rings. The molecular weight excluding hydrogens is 273 g/mol. The molecule has 1 heterocycles. The van der Waals surface area contributed by atoms with Gasteiger partial charge < -0.3 is 10.4 Å². The fraction of sp³-hybridized carbons (Fsp3) is 0.462. The normalized spacial score (nSPS) is 21.4. The highest BCUT2D eigenvalue weighted by atomic mass is 19.4. The second kappa shape index (κ2) is 5.70. The maximum Gasteiger partial charge on any atom is 0.405 e. The molecule has 1 atom stereocenters. The number of amides is 1. The Balaban J connectivity index is 2.21. The van der Waals surface area contributed by atoms with Crippen LogP contribution in [0.1, 0.15) is 12.0 Å². The fourth-order valence-electron chi connectivity index (χ4n) is 2.20. The number of hydrogen-bond acceptors (Lipinski definition) is 3. The van der Waals surface area contributed by atoms with Gasteiger partial charge in [0.1, 0.15) is 11.8 Å². The lowest BCUT2D eigenvalue weighted by Crippen LogP contribution is -2.49. The van der Waals surface area contributed by atoms with E-state index < -0.39 is 18.8 Å². The first-order chi connectivity index (χ1) is 9.38. The lowest BCUT2D eigenvalue weighted by atomic mass is 10.1. The number of nitrogens with one attached hydrogen (secondary N) is 1. The second-order valence-corrected chi connectivity index (χ2v) is 4.71. The number of hydrogen-bond donors (Lipinski definition) is 2. The molecule has 1 aromatic rings. The summed E-state index contributed by atoms with van der Waals surface area (Å²) >= 11 is 0. The van der Waals surface area contributed by atoms with Crippen LogP contribution in [-0.2, 0) is 11.3 Å². The average molecular weight is 288 g/mol.